The molecule has 2 aromatic rings. The zero-order valence-electron chi connectivity index (χ0n) is 15.3. The van der Waals surface area contributed by atoms with Crippen molar-refractivity contribution in [2.75, 3.05) is 36.8 Å². The first kappa shape index (κ1) is 18.0. The first-order valence-corrected chi connectivity index (χ1v) is 9.32. The van der Waals surface area contributed by atoms with Crippen LogP contribution in [0.4, 0.5) is 20.3 Å². The molecule has 0 saturated carbocycles. The quantitative estimate of drug-likeness (QED) is 0.800. The van der Waals surface area contributed by atoms with E-state index in [-0.39, 0.29) is 28.5 Å². The lowest BCUT2D eigenvalue weighted by molar-refractivity contribution is 0.0368. The Hall–Kier alpha value is -2.42. The van der Waals surface area contributed by atoms with Gasteiger partial charge in [0.25, 0.3) is 0 Å². The maximum absolute atomic E-state index is 15.0. The van der Waals surface area contributed by atoms with E-state index in [1.54, 1.807) is 7.05 Å². The topological polar surface area (TPSA) is 80.7 Å². The minimum Gasteiger partial charge on any atom is -0.392 e. The molecule has 1 aromatic heterocycles. The molecule has 3 heterocycles. The Morgan fingerprint density at radius 2 is 1.96 bits per heavy atom. The summed E-state index contributed by atoms with van der Waals surface area (Å²) in [4.78, 5) is 7.49. The number of fused-ring (bicyclic) bond motifs is 1. The van der Waals surface area contributed by atoms with Crippen LogP contribution >= 0.6 is 0 Å². The molecule has 0 unspecified atom stereocenters. The van der Waals surface area contributed by atoms with Gasteiger partial charge in [0.2, 0.25) is 0 Å². The summed E-state index contributed by atoms with van der Waals surface area (Å²) in [6, 6.07) is 1.21. The maximum atomic E-state index is 15.0. The fourth-order valence-corrected chi connectivity index (χ4v) is 3.79. The second-order valence-electron chi connectivity index (χ2n) is 7.12. The standard InChI is InChI=1S/C18H24F2N6O/c1-25-17-15(18(21)23-25)13(19)10-14(16(17)20)26-8-4-11(5-9-26)24-27-12-2-6-22-7-3-12/h10,12,22H,2-9H2,1H3,(H2,21,23). The summed E-state index contributed by atoms with van der Waals surface area (Å²) < 4.78 is 30.8. The lowest BCUT2D eigenvalue weighted by Gasteiger charge is -2.30. The van der Waals surface area contributed by atoms with Gasteiger partial charge >= 0.3 is 0 Å². The van der Waals surface area contributed by atoms with Crippen LogP contribution in [0.25, 0.3) is 10.9 Å². The number of benzene rings is 1. The zero-order chi connectivity index (χ0) is 19.0. The minimum atomic E-state index is -0.555. The average Bonchev–Trinajstić information content (AvgIpc) is 2.99. The summed E-state index contributed by atoms with van der Waals surface area (Å²) in [5.74, 6) is -1.05. The van der Waals surface area contributed by atoms with Crippen LogP contribution in [0.1, 0.15) is 25.7 Å². The molecule has 0 bridgehead atoms. The SMILES string of the molecule is Cn1nc(N)c2c(F)cc(N3CCC(=NOC4CCNCC4)CC3)c(F)c21. The van der Waals surface area contributed by atoms with Gasteiger partial charge in [-0.1, -0.05) is 5.16 Å². The molecule has 7 nitrogen and oxygen atoms in total. The molecule has 9 heteroatoms. The maximum Gasteiger partial charge on any atom is 0.172 e. The average molecular weight is 378 g/mol. The predicted molar refractivity (Wildman–Crippen MR) is 101 cm³/mol. The molecule has 1 aromatic carbocycles. The van der Waals surface area contributed by atoms with E-state index in [0.717, 1.165) is 31.6 Å². The van der Waals surface area contributed by atoms with E-state index < -0.39 is 11.6 Å². The molecule has 27 heavy (non-hydrogen) atoms. The van der Waals surface area contributed by atoms with Crippen LogP contribution in [0, 0.1) is 11.6 Å². The summed E-state index contributed by atoms with van der Waals surface area (Å²) in [5.41, 5.74) is 7.00. The molecule has 3 N–H and O–H groups in total. The molecule has 4 rings (SSSR count). The van der Waals surface area contributed by atoms with Crippen LogP contribution in [-0.2, 0) is 11.9 Å². The number of oxime groups is 1. The number of rotatable bonds is 3. The fraction of sp³-hybridized carbons (Fsp3) is 0.556. The van der Waals surface area contributed by atoms with Crippen molar-refractivity contribution in [2.24, 2.45) is 12.2 Å². The Labute approximate surface area is 156 Å². The van der Waals surface area contributed by atoms with Crippen molar-refractivity contribution in [1.82, 2.24) is 15.1 Å². The molecule has 2 aliphatic heterocycles. The molecule has 0 atom stereocenters. The van der Waals surface area contributed by atoms with Crippen molar-refractivity contribution in [3.8, 4) is 0 Å². The normalized spacial score (nSPS) is 18.9. The number of nitrogens with two attached hydrogens (primary N) is 1. The highest BCUT2D eigenvalue weighted by Crippen LogP contribution is 2.33. The van der Waals surface area contributed by atoms with E-state index in [1.165, 1.54) is 10.7 Å². The molecule has 2 fully saturated rings. The summed E-state index contributed by atoms with van der Waals surface area (Å²) in [7, 11) is 1.56. The Balaban J connectivity index is 1.48. The van der Waals surface area contributed by atoms with Crippen molar-refractivity contribution < 1.29 is 13.6 Å². The minimum absolute atomic E-state index is 0.00132. The lowest BCUT2D eigenvalue weighted by atomic mass is 10.1. The number of hydrogen-bond acceptors (Lipinski definition) is 6. The van der Waals surface area contributed by atoms with E-state index in [0.29, 0.717) is 25.9 Å². The van der Waals surface area contributed by atoms with Crippen LogP contribution < -0.4 is 16.0 Å². The monoisotopic (exact) mass is 378 g/mol. The van der Waals surface area contributed by atoms with Crippen LogP contribution in [0.15, 0.2) is 11.2 Å². The molecule has 0 spiro atoms. The summed E-state index contributed by atoms with van der Waals surface area (Å²) in [5, 5.41) is 11.6. The van der Waals surface area contributed by atoms with Crippen molar-refractivity contribution in [1.29, 1.82) is 0 Å². The van der Waals surface area contributed by atoms with Gasteiger partial charge in [-0.15, -0.1) is 0 Å². The van der Waals surface area contributed by atoms with Gasteiger partial charge in [-0.05, 0) is 25.9 Å². The summed E-state index contributed by atoms with van der Waals surface area (Å²) in [6.07, 6.45) is 3.42. The summed E-state index contributed by atoms with van der Waals surface area (Å²) in [6.45, 7) is 3.03. The van der Waals surface area contributed by atoms with Crippen LogP contribution in [0.5, 0.6) is 0 Å². The van der Waals surface area contributed by atoms with E-state index in [1.807, 2.05) is 4.90 Å². The lowest BCUT2D eigenvalue weighted by Crippen LogP contribution is -2.35. The smallest absolute Gasteiger partial charge is 0.172 e. The predicted octanol–water partition coefficient (Wildman–Crippen LogP) is 2.16. The van der Waals surface area contributed by atoms with E-state index in [9.17, 15) is 4.39 Å². The highest BCUT2D eigenvalue weighted by molar-refractivity contribution is 5.93. The largest absolute Gasteiger partial charge is 0.392 e. The number of nitrogen functional groups attached to an aromatic ring is 1. The first-order valence-electron chi connectivity index (χ1n) is 9.32. The number of nitrogens with one attached hydrogen (secondary N) is 1. The third-order valence-corrected chi connectivity index (χ3v) is 5.31. The molecular formula is C18H24F2N6O. The van der Waals surface area contributed by atoms with Gasteiger partial charge in [0, 0.05) is 39.0 Å². The molecule has 0 radical (unpaired) electrons. The van der Waals surface area contributed by atoms with Crippen molar-refractivity contribution in [3.63, 3.8) is 0 Å². The van der Waals surface area contributed by atoms with Crippen LogP contribution in [-0.4, -0.2) is 47.8 Å². The number of aromatic nitrogens is 2. The van der Waals surface area contributed by atoms with Crippen molar-refractivity contribution in [2.45, 2.75) is 31.8 Å². The highest BCUT2D eigenvalue weighted by atomic mass is 19.1. The number of hydrogen-bond donors (Lipinski definition) is 2. The fourth-order valence-electron chi connectivity index (χ4n) is 3.79. The molecule has 2 aliphatic rings. The van der Waals surface area contributed by atoms with Gasteiger partial charge in [-0.3, -0.25) is 4.68 Å². The second kappa shape index (κ2) is 7.30. The Morgan fingerprint density at radius 3 is 2.67 bits per heavy atom. The van der Waals surface area contributed by atoms with Gasteiger partial charge in [0.1, 0.15) is 17.4 Å². The third-order valence-electron chi connectivity index (χ3n) is 5.31. The number of nitrogens with zero attached hydrogens (tertiary/aromatic N) is 4. The Morgan fingerprint density at radius 1 is 1.26 bits per heavy atom. The number of piperidine rings is 2. The van der Waals surface area contributed by atoms with Gasteiger partial charge in [-0.2, -0.15) is 5.10 Å². The van der Waals surface area contributed by atoms with Crippen LogP contribution in [0.3, 0.4) is 0 Å². The first-order chi connectivity index (χ1) is 13.0. The molecule has 0 amide bonds. The van der Waals surface area contributed by atoms with Gasteiger partial charge in [-0.25, -0.2) is 8.78 Å². The molecule has 0 aliphatic carbocycles. The Kier molecular flexibility index (Phi) is 4.86. The van der Waals surface area contributed by atoms with E-state index in [4.69, 9.17) is 10.6 Å². The van der Waals surface area contributed by atoms with Crippen molar-refractivity contribution >= 4 is 28.1 Å². The van der Waals surface area contributed by atoms with Gasteiger partial charge in [0.15, 0.2) is 11.6 Å². The van der Waals surface area contributed by atoms with Crippen molar-refractivity contribution in [3.05, 3.63) is 17.7 Å². The molecule has 2 saturated heterocycles. The van der Waals surface area contributed by atoms with E-state index in [2.05, 4.69) is 15.6 Å². The van der Waals surface area contributed by atoms with Gasteiger partial charge in [0.05, 0.1) is 16.8 Å². The second-order valence-corrected chi connectivity index (χ2v) is 7.12. The molecule has 146 valence electrons. The third kappa shape index (κ3) is 3.43. The highest BCUT2D eigenvalue weighted by Gasteiger charge is 2.25. The number of anilines is 2. The number of aryl methyl sites for hydroxylation is 1. The van der Waals surface area contributed by atoms with Crippen LogP contribution in [0.2, 0.25) is 0 Å². The van der Waals surface area contributed by atoms with Gasteiger partial charge < -0.3 is 20.8 Å². The van der Waals surface area contributed by atoms with E-state index >= 15 is 4.39 Å². The number of halogens is 2. The molecular weight excluding hydrogens is 354 g/mol. The summed E-state index contributed by atoms with van der Waals surface area (Å²) >= 11 is 0. The zero-order valence-corrected chi connectivity index (χ0v) is 15.3. The Bertz CT molecular complexity index is 865.